The van der Waals surface area contributed by atoms with Crippen molar-refractivity contribution in [2.45, 2.75) is 19.3 Å². The molecule has 0 bridgehead atoms. The highest BCUT2D eigenvalue weighted by Crippen LogP contribution is 2.31. The van der Waals surface area contributed by atoms with Gasteiger partial charge in [0, 0.05) is 6.54 Å². The van der Waals surface area contributed by atoms with Crippen LogP contribution in [0.1, 0.15) is 23.1 Å². The number of nitrogens with zero attached hydrogens (tertiary/aromatic N) is 2. The van der Waals surface area contributed by atoms with Gasteiger partial charge in [0.05, 0.1) is 11.9 Å². The summed E-state index contributed by atoms with van der Waals surface area (Å²) >= 11 is 0. The number of allylic oxidation sites excluding steroid dienone is 1. The second-order valence-electron chi connectivity index (χ2n) is 5.30. The average Bonchev–Trinajstić information content (AvgIpc) is 2.54. The Kier molecular flexibility index (Phi) is 4.15. The molecule has 0 aromatic heterocycles. The summed E-state index contributed by atoms with van der Waals surface area (Å²) < 4.78 is 0. The van der Waals surface area contributed by atoms with Gasteiger partial charge in [-0.3, -0.25) is 5.01 Å². The summed E-state index contributed by atoms with van der Waals surface area (Å²) in [5.41, 5.74) is 5.11. The van der Waals surface area contributed by atoms with E-state index >= 15 is 0 Å². The normalized spacial score (nSPS) is 14.2. The zero-order valence-corrected chi connectivity index (χ0v) is 12.2. The third-order valence-corrected chi connectivity index (χ3v) is 3.79. The van der Waals surface area contributed by atoms with E-state index in [-0.39, 0.29) is 0 Å². The SMILES string of the molecule is C=CCc1cccc2c1N(/N=C/c1ccccc1)CCC2. The average molecular weight is 276 g/mol. The van der Waals surface area contributed by atoms with Crippen LogP contribution in [0.3, 0.4) is 0 Å². The van der Waals surface area contributed by atoms with Gasteiger partial charge in [0.1, 0.15) is 0 Å². The highest BCUT2D eigenvalue weighted by molar-refractivity contribution is 5.80. The first-order valence-electron chi connectivity index (χ1n) is 7.47. The summed E-state index contributed by atoms with van der Waals surface area (Å²) in [5, 5.41) is 6.86. The standard InChI is InChI=1S/C19H20N2/c1-2-8-17-11-6-12-18-13-7-14-21(19(17)18)20-15-16-9-4-3-5-10-16/h2-6,9-12,15H,1,7-8,13-14H2/b20-15+. The van der Waals surface area contributed by atoms with Crippen LogP contribution in [0.25, 0.3) is 0 Å². The molecule has 3 rings (SSSR count). The fourth-order valence-electron chi connectivity index (χ4n) is 2.82. The maximum atomic E-state index is 4.71. The van der Waals surface area contributed by atoms with Crippen LogP contribution in [0.4, 0.5) is 5.69 Å². The molecule has 0 radical (unpaired) electrons. The molecule has 1 aliphatic heterocycles. The second-order valence-corrected chi connectivity index (χ2v) is 5.30. The Bertz CT molecular complexity index is 644. The van der Waals surface area contributed by atoms with Gasteiger partial charge in [0.2, 0.25) is 0 Å². The van der Waals surface area contributed by atoms with Gasteiger partial charge in [-0.15, -0.1) is 6.58 Å². The van der Waals surface area contributed by atoms with Crippen LogP contribution in [0.15, 0.2) is 66.3 Å². The number of fused-ring (bicyclic) bond motifs is 1. The van der Waals surface area contributed by atoms with Crippen molar-refractivity contribution in [2.75, 3.05) is 11.6 Å². The maximum Gasteiger partial charge on any atom is 0.0660 e. The minimum absolute atomic E-state index is 0.889. The van der Waals surface area contributed by atoms with Crippen LogP contribution in [0, 0.1) is 0 Å². The molecule has 1 aliphatic rings. The van der Waals surface area contributed by atoms with Crippen molar-refractivity contribution in [3.05, 3.63) is 77.9 Å². The molecule has 0 aliphatic carbocycles. The summed E-state index contributed by atoms with van der Waals surface area (Å²) in [7, 11) is 0. The zero-order chi connectivity index (χ0) is 14.5. The van der Waals surface area contributed by atoms with Gasteiger partial charge in [0.25, 0.3) is 0 Å². The van der Waals surface area contributed by atoms with Crippen molar-refractivity contribution in [2.24, 2.45) is 5.10 Å². The Morgan fingerprint density at radius 2 is 1.95 bits per heavy atom. The molecule has 21 heavy (non-hydrogen) atoms. The van der Waals surface area contributed by atoms with Crippen molar-refractivity contribution in [1.29, 1.82) is 0 Å². The van der Waals surface area contributed by atoms with E-state index in [1.807, 2.05) is 30.5 Å². The Morgan fingerprint density at radius 3 is 2.76 bits per heavy atom. The first kappa shape index (κ1) is 13.6. The van der Waals surface area contributed by atoms with Gasteiger partial charge in [-0.2, -0.15) is 5.10 Å². The molecule has 0 N–H and O–H groups in total. The van der Waals surface area contributed by atoms with E-state index < -0.39 is 0 Å². The molecule has 0 amide bonds. The second kappa shape index (κ2) is 6.40. The van der Waals surface area contributed by atoms with E-state index in [1.165, 1.54) is 16.8 Å². The van der Waals surface area contributed by atoms with Gasteiger partial charge in [-0.25, -0.2) is 0 Å². The molecule has 2 aromatic rings. The summed E-state index contributed by atoms with van der Waals surface area (Å²) in [4.78, 5) is 0. The Morgan fingerprint density at radius 1 is 1.10 bits per heavy atom. The van der Waals surface area contributed by atoms with Gasteiger partial charge < -0.3 is 0 Å². The van der Waals surface area contributed by atoms with Crippen molar-refractivity contribution < 1.29 is 0 Å². The lowest BCUT2D eigenvalue weighted by Crippen LogP contribution is -2.25. The highest BCUT2D eigenvalue weighted by Gasteiger charge is 2.18. The molecule has 0 saturated carbocycles. The third kappa shape index (κ3) is 3.05. The fourth-order valence-corrected chi connectivity index (χ4v) is 2.82. The van der Waals surface area contributed by atoms with Gasteiger partial charge >= 0.3 is 0 Å². The van der Waals surface area contributed by atoms with Crippen LogP contribution in [0.5, 0.6) is 0 Å². The van der Waals surface area contributed by atoms with E-state index in [0.29, 0.717) is 0 Å². The minimum Gasteiger partial charge on any atom is -0.265 e. The van der Waals surface area contributed by atoms with Crippen molar-refractivity contribution in [3.63, 3.8) is 0 Å². The highest BCUT2D eigenvalue weighted by atomic mass is 15.5. The monoisotopic (exact) mass is 276 g/mol. The topological polar surface area (TPSA) is 15.6 Å². The summed E-state index contributed by atoms with van der Waals surface area (Å²) in [6.45, 7) is 4.84. The molecule has 1 heterocycles. The summed E-state index contributed by atoms with van der Waals surface area (Å²) in [6.07, 6.45) is 7.08. The molecule has 0 unspecified atom stereocenters. The molecular weight excluding hydrogens is 256 g/mol. The summed E-state index contributed by atoms with van der Waals surface area (Å²) in [5.74, 6) is 0. The van der Waals surface area contributed by atoms with Crippen molar-refractivity contribution in [1.82, 2.24) is 0 Å². The van der Waals surface area contributed by atoms with Gasteiger partial charge in [-0.1, -0.05) is 54.6 Å². The lowest BCUT2D eigenvalue weighted by molar-refractivity contribution is 0.712. The van der Waals surface area contributed by atoms with E-state index in [9.17, 15) is 0 Å². The molecule has 0 saturated heterocycles. The Hall–Kier alpha value is -2.35. The number of aryl methyl sites for hydroxylation is 1. The Balaban J connectivity index is 1.92. The molecular formula is C19H20N2. The molecule has 106 valence electrons. The number of hydrazone groups is 1. The largest absolute Gasteiger partial charge is 0.265 e. The van der Waals surface area contributed by atoms with Crippen molar-refractivity contribution in [3.8, 4) is 0 Å². The van der Waals surface area contributed by atoms with E-state index in [1.54, 1.807) is 0 Å². The van der Waals surface area contributed by atoms with E-state index in [2.05, 4.69) is 41.9 Å². The molecule has 2 heteroatoms. The van der Waals surface area contributed by atoms with Crippen LogP contribution < -0.4 is 5.01 Å². The predicted molar refractivity (Wildman–Crippen MR) is 90.0 cm³/mol. The number of para-hydroxylation sites is 1. The number of benzene rings is 2. The first-order chi connectivity index (χ1) is 10.4. The number of hydrogen-bond donors (Lipinski definition) is 0. The number of hydrogen-bond acceptors (Lipinski definition) is 2. The zero-order valence-electron chi connectivity index (χ0n) is 12.2. The van der Waals surface area contributed by atoms with Crippen LogP contribution in [-0.2, 0) is 12.8 Å². The van der Waals surface area contributed by atoms with E-state index in [4.69, 9.17) is 5.10 Å². The quantitative estimate of drug-likeness (QED) is 0.603. The smallest absolute Gasteiger partial charge is 0.0660 e. The molecule has 2 aromatic carbocycles. The molecule has 0 fully saturated rings. The lowest BCUT2D eigenvalue weighted by atomic mass is 9.97. The van der Waals surface area contributed by atoms with E-state index in [0.717, 1.165) is 31.4 Å². The Labute approximate surface area is 126 Å². The molecule has 0 atom stereocenters. The van der Waals surface area contributed by atoms with Crippen LogP contribution in [0.2, 0.25) is 0 Å². The first-order valence-corrected chi connectivity index (χ1v) is 7.47. The van der Waals surface area contributed by atoms with Crippen LogP contribution >= 0.6 is 0 Å². The number of rotatable bonds is 4. The van der Waals surface area contributed by atoms with Crippen molar-refractivity contribution >= 4 is 11.9 Å². The minimum atomic E-state index is 0.889. The lowest BCUT2D eigenvalue weighted by Gasteiger charge is -2.29. The van der Waals surface area contributed by atoms with Gasteiger partial charge in [-0.05, 0) is 36.0 Å². The van der Waals surface area contributed by atoms with Crippen LogP contribution in [-0.4, -0.2) is 12.8 Å². The molecule has 0 spiro atoms. The third-order valence-electron chi connectivity index (χ3n) is 3.79. The number of anilines is 1. The van der Waals surface area contributed by atoms with Gasteiger partial charge in [0.15, 0.2) is 0 Å². The molecule has 2 nitrogen and oxygen atoms in total. The summed E-state index contributed by atoms with van der Waals surface area (Å²) in [6, 6.07) is 16.8. The maximum absolute atomic E-state index is 4.71. The predicted octanol–water partition coefficient (Wildman–Crippen LogP) is 4.20. The fraction of sp³-hybridized carbons (Fsp3) is 0.211.